The third-order valence-corrected chi connectivity index (χ3v) is 3.96. The van der Waals surface area contributed by atoms with Crippen molar-refractivity contribution in [2.75, 3.05) is 26.2 Å². The first kappa shape index (κ1) is 14.1. The molecule has 0 aromatic heterocycles. The van der Waals surface area contributed by atoms with Crippen molar-refractivity contribution >= 4 is 12.0 Å². The number of rotatable bonds is 2. The fourth-order valence-electron chi connectivity index (χ4n) is 2.83. The summed E-state index contributed by atoms with van der Waals surface area (Å²) in [6.45, 7) is 3.81. The highest BCUT2D eigenvalue weighted by Crippen LogP contribution is 2.21. The van der Waals surface area contributed by atoms with Crippen molar-refractivity contribution in [3.63, 3.8) is 0 Å². The maximum atomic E-state index is 12.5. The van der Waals surface area contributed by atoms with Gasteiger partial charge in [0.05, 0.1) is 13.2 Å². The number of carbonyl (C=O) groups excluding carboxylic acids is 1. The Labute approximate surface area is 113 Å². The van der Waals surface area contributed by atoms with E-state index in [0.717, 1.165) is 25.8 Å². The lowest BCUT2D eigenvalue weighted by molar-refractivity contribution is -0.154. The Hall–Kier alpha value is -1.30. The smallest absolute Gasteiger partial charge is 0.334 e. The lowest BCUT2D eigenvalue weighted by Gasteiger charge is -2.40. The number of hydrogen-bond acceptors (Lipinski definition) is 3. The predicted molar refractivity (Wildman–Crippen MR) is 69.0 cm³/mol. The number of amides is 2. The van der Waals surface area contributed by atoms with E-state index in [9.17, 15) is 9.59 Å². The highest BCUT2D eigenvalue weighted by Gasteiger charge is 2.34. The zero-order valence-electron chi connectivity index (χ0n) is 11.4. The number of hydrogen-bond donors (Lipinski definition) is 1. The van der Waals surface area contributed by atoms with Gasteiger partial charge in [0, 0.05) is 19.1 Å². The normalized spacial score (nSPS) is 28.3. The molecule has 0 spiro atoms. The van der Waals surface area contributed by atoms with Crippen LogP contribution in [0.5, 0.6) is 0 Å². The quantitative estimate of drug-likeness (QED) is 0.817. The molecule has 19 heavy (non-hydrogen) atoms. The first-order chi connectivity index (χ1) is 9.13. The van der Waals surface area contributed by atoms with E-state index in [4.69, 9.17) is 9.84 Å². The van der Waals surface area contributed by atoms with Crippen LogP contribution in [0.4, 0.5) is 4.79 Å². The molecule has 2 rings (SSSR count). The van der Waals surface area contributed by atoms with Gasteiger partial charge in [0.1, 0.15) is 0 Å². The van der Waals surface area contributed by atoms with Crippen molar-refractivity contribution < 1.29 is 19.4 Å². The van der Waals surface area contributed by atoms with Gasteiger partial charge in [-0.3, -0.25) is 0 Å². The molecule has 108 valence electrons. The number of ether oxygens (including phenoxy) is 1. The van der Waals surface area contributed by atoms with Gasteiger partial charge in [-0.2, -0.15) is 0 Å². The average Bonchev–Trinajstić information content (AvgIpc) is 2.46. The summed E-state index contributed by atoms with van der Waals surface area (Å²) in [6, 6.07) is 0.272. The topological polar surface area (TPSA) is 70.1 Å². The number of piperidine rings is 1. The largest absolute Gasteiger partial charge is 0.479 e. The fraction of sp³-hybridized carbons (Fsp3) is 0.846. The minimum Gasteiger partial charge on any atom is -0.479 e. The van der Waals surface area contributed by atoms with E-state index in [1.54, 1.807) is 4.90 Å². The zero-order valence-corrected chi connectivity index (χ0v) is 11.4. The number of carbonyl (C=O) groups is 2. The van der Waals surface area contributed by atoms with Crippen LogP contribution in [-0.4, -0.2) is 65.3 Å². The zero-order chi connectivity index (χ0) is 13.8. The summed E-state index contributed by atoms with van der Waals surface area (Å²) >= 11 is 0. The van der Waals surface area contributed by atoms with Crippen LogP contribution in [0.25, 0.3) is 0 Å². The van der Waals surface area contributed by atoms with Gasteiger partial charge in [0.25, 0.3) is 0 Å². The molecule has 6 heteroatoms. The Morgan fingerprint density at radius 2 is 2.11 bits per heavy atom. The van der Waals surface area contributed by atoms with E-state index in [1.165, 1.54) is 6.42 Å². The van der Waals surface area contributed by atoms with Crippen molar-refractivity contribution in [1.82, 2.24) is 9.80 Å². The van der Waals surface area contributed by atoms with E-state index >= 15 is 0 Å². The van der Waals surface area contributed by atoms with E-state index in [2.05, 4.69) is 6.92 Å². The molecule has 0 aromatic rings. The van der Waals surface area contributed by atoms with Crippen LogP contribution < -0.4 is 0 Å². The van der Waals surface area contributed by atoms with Gasteiger partial charge in [-0.15, -0.1) is 0 Å². The molecule has 0 saturated carbocycles. The Kier molecular flexibility index (Phi) is 4.63. The molecule has 2 fully saturated rings. The standard InChI is InChI=1S/C13H22N2O4/c1-2-10-5-3-4-6-15(10)13(18)14-7-8-19-11(9-14)12(16)17/h10-11H,2-9H2,1H3,(H,16,17). The molecule has 2 amide bonds. The number of carboxylic acids is 1. The van der Waals surface area contributed by atoms with Crippen LogP contribution >= 0.6 is 0 Å². The van der Waals surface area contributed by atoms with Crippen LogP contribution in [0.15, 0.2) is 0 Å². The first-order valence-corrected chi connectivity index (χ1v) is 7.03. The van der Waals surface area contributed by atoms with Crippen molar-refractivity contribution in [1.29, 1.82) is 0 Å². The number of carboxylic acid groups (broad SMARTS) is 1. The van der Waals surface area contributed by atoms with Gasteiger partial charge in [0.2, 0.25) is 0 Å². The lowest BCUT2D eigenvalue weighted by Crippen LogP contribution is -2.55. The molecular formula is C13H22N2O4. The number of aliphatic carboxylic acids is 1. The maximum absolute atomic E-state index is 12.5. The number of morpholine rings is 1. The molecular weight excluding hydrogens is 248 g/mol. The second kappa shape index (κ2) is 6.23. The van der Waals surface area contributed by atoms with E-state index < -0.39 is 12.1 Å². The van der Waals surface area contributed by atoms with Crippen LogP contribution in [0.3, 0.4) is 0 Å². The number of likely N-dealkylation sites (tertiary alicyclic amines) is 1. The predicted octanol–water partition coefficient (Wildman–Crippen LogP) is 1.16. The van der Waals surface area contributed by atoms with Crippen LogP contribution in [0, 0.1) is 0 Å². The molecule has 0 bridgehead atoms. The monoisotopic (exact) mass is 270 g/mol. The van der Waals surface area contributed by atoms with Crippen LogP contribution in [-0.2, 0) is 9.53 Å². The minimum atomic E-state index is -0.997. The van der Waals surface area contributed by atoms with E-state index in [0.29, 0.717) is 19.2 Å². The van der Waals surface area contributed by atoms with Crippen LogP contribution in [0.2, 0.25) is 0 Å². The lowest BCUT2D eigenvalue weighted by atomic mass is 10.0. The van der Waals surface area contributed by atoms with Gasteiger partial charge in [-0.25, -0.2) is 9.59 Å². The Morgan fingerprint density at radius 3 is 2.79 bits per heavy atom. The molecule has 2 aliphatic rings. The van der Waals surface area contributed by atoms with Crippen LogP contribution in [0.1, 0.15) is 32.6 Å². The molecule has 1 N–H and O–H groups in total. The van der Waals surface area contributed by atoms with E-state index in [1.807, 2.05) is 4.90 Å². The van der Waals surface area contributed by atoms with Crippen molar-refractivity contribution in [2.45, 2.75) is 44.8 Å². The summed E-state index contributed by atoms with van der Waals surface area (Å²) in [7, 11) is 0. The van der Waals surface area contributed by atoms with Gasteiger partial charge < -0.3 is 19.6 Å². The second-order valence-electron chi connectivity index (χ2n) is 5.18. The summed E-state index contributed by atoms with van der Waals surface area (Å²) in [5.74, 6) is -0.997. The SMILES string of the molecule is CCC1CCCCN1C(=O)N1CCOC(C(=O)O)C1. The first-order valence-electron chi connectivity index (χ1n) is 7.03. The second-order valence-corrected chi connectivity index (χ2v) is 5.18. The summed E-state index contributed by atoms with van der Waals surface area (Å²) in [4.78, 5) is 27.0. The molecule has 2 atom stereocenters. The minimum absolute atomic E-state index is 0.0268. The van der Waals surface area contributed by atoms with Gasteiger partial charge in [-0.1, -0.05) is 6.92 Å². The maximum Gasteiger partial charge on any atom is 0.334 e. The number of nitrogens with zero attached hydrogens (tertiary/aromatic N) is 2. The molecule has 2 aliphatic heterocycles. The Morgan fingerprint density at radius 1 is 1.32 bits per heavy atom. The van der Waals surface area contributed by atoms with Gasteiger partial charge >= 0.3 is 12.0 Å². The molecule has 2 saturated heterocycles. The van der Waals surface area contributed by atoms with Gasteiger partial charge in [0.15, 0.2) is 6.10 Å². The Balaban J connectivity index is 1.99. The molecule has 0 radical (unpaired) electrons. The van der Waals surface area contributed by atoms with Crippen molar-refractivity contribution in [3.8, 4) is 0 Å². The average molecular weight is 270 g/mol. The van der Waals surface area contributed by atoms with Gasteiger partial charge in [-0.05, 0) is 25.7 Å². The molecule has 2 heterocycles. The van der Waals surface area contributed by atoms with E-state index in [-0.39, 0.29) is 12.6 Å². The molecule has 6 nitrogen and oxygen atoms in total. The third kappa shape index (κ3) is 3.18. The Bertz CT molecular complexity index is 348. The van der Waals surface area contributed by atoms with Crippen molar-refractivity contribution in [2.24, 2.45) is 0 Å². The molecule has 0 aliphatic carbocycles. The van der Waals surface area contributed by atoms with Crippen molar-refractivity contribution in [3.05, 3.63) is 0 Å². The summed E-state index contributed by atoms with van der Waals surface area (Å²) in [5.41, 5.74) is 0. The number of urea groups is 1. The summed E-state index contributed by atoms with van der Waals surface area (Å²) in [6.07, 6.45) is 3.33. The third-order valence-electron chi connectivity index (χ3n) is 3.96. The summed E-state index contributed by atoms with van der Waals surface area (Å²) in [5, 5.41) is 8.97. The fourth-order valence-corrected chi connectivity index (χ4v) is 2.83. The highest BCUT2D eigenvalue weighted by atomic mass is 16.5. The molecule has 0 aromatic carbocycles. The molecule has 2 unspecified atom stereocenters. The highest BCUT2D eigenvalue weighted by molar-refractivity contribution is 5.78. The summed E-state index contributed by atoms with van der Waals surface area (Å²) < 4.78 is 5.15.